The first-order chi connectivity index (χ1) is 27.9. The molecule has 57 heavy (non-hydrogen) atoms. The summed E-state index contributed by atoms with van der Waals surface area (Å²) in [6, 6.07) is 0. The predicted octanol–water partition coefficient (Wildman–Crippen LogP) is 15.1. The molecule has 0 heterocycles. The molecule has 0 rings (SSSR count). The van der Waals surface area contributed by atoms with Crippen LogP contribution >= 0.6 is 0 Å². The number of esters is 2. The fourth-order valence-corrected chi connectivity index (χ4v) is 7.70. The van der Waals surface area contributed by atoms with Crippen LogP contribution in [0.25, 0.3) is 0 Å². The second-order valence-electron chi connectivity index (χ2n) is 18.0. The monoisotopic (exact) mass is 807 g/mol. The van der Waals surface area contributed by atoms with Gasteiger partial charge in [-0.1, -0.05) is 232 Å². The van der Waals surface area contributed by atoms with Crippen LogP contribution in [0.1, 0.15) is 265 Å². The molecular formula is C51H98O6. The van der Waals surface area contributed by atoms with Crippen LogP contribution in [0, 0.1) is 11.3 Å². The highest BCUT2D eigenvalue weighted by Crippen LogP contribution is 2.21. The number of aliphatic hydroxyl groups excluding tert-OH is 2. The first-order valence-corrected chi connectivity index (χ1v) is 25.1. The van der Waals surface area contributed by atoms with Gasteiger partial charge < -0.3 is 19.7 Å². The van der Waals surface area contributed by atoms with E-state index in [1.54, 1.807) is 0 Å². The molecule has 338 valence electrons. The summed E-state index contributed by atoms with van der Waals surface area (Å²) in [6.45, 7) is 5.48. The second kappa shape index (κ2) is 44.2. The Bertz CT molecular complexity index is 868. The minimum atomic E-state index is -1.17. The number of hydrogen-bond donors (Lipinski definition) is 2. The van der Waals surface area contributed by atoms with E-state index in [4.69, 9.17) is 9.47 Å². The molecule has 1 atom stereocenters. The number of allylic oxidation sites excluding steroid dienone is 2. The minimum absolute atomic E-state index is 0.157. The van der Waals surface area contributed by atoms with Gasteiger partial charge in [-0.25, -0.2) is 0 Å². The van der Waals surface area contributed by atoms with E-state index in [0.717, 1.165) is 32.1 Å². The SMILES string of the molecule is CCCCCCCCC=CCCCCCCCCCCCC(=O)OCC(CO)(CO)COC(=O)CC(C)CCCCCCCCCCCCCCCCCCCC. The standard InChI is InChI=1S/C51H98O6/c1-4-6-8-10-12-14-16-18-20-22-24-26-28-30-32-34-36-38-40-42-49(54)56-46-51(44-52,45-53)47-57-50(55)43-48(3)41-39-37-35-33-31-29-27-25-23-21-19-17-15-13-11-9-7-5-2/h18,20,48,52-53H,4-17,19,21-47H2,1-3H3. The van der Waals surface area contributed by atoms with Gasteiger partial charge in [0.25, 0.3) is 0 Å². The van der Waals surface area contributed by atoms with Crippen molar-refractivity contribution in [3.05, 3.63) is 12.2 Å². The summed E-state index contributed by atoms with van der Waals surface area (Å²) in [4.78, 5) is 25.0. The molecule has 0 aliphatic rings. The maximum atomic E-state index is 12.6. The Morgan fingerprint density at radius 1 is 0.456 bits per heavy atom. The van der Waals surface area contributed by atoms with Crippen molar-refractivity contribution in [2.24, 2.45) is 11.3 Å². The first kappa shape index (κ1) is 55.6. The van der Waals surface area contributed by atoms with E-state index < -0.39 is 18.6 Å². The summed E-state index contributed by atoms with van der Waals surface area (Å²) in [6.07, 6.45) is 52.2. The number of unbranched alkanes of at least 4 members (excludes halogenated alkanes) is 32. The third-order valence-electron chi connectivity index (χ3n) is 12.0. The number of hydrogen-bond acceptors (Lipinski definition) is 6. The third kappa shape index (κ3) is 39.8. The van der Waals surface area contributed by atoms with Crippen LogP contribution in [0.2, 0.25) is 0 Å². The van der Waals surface area contributed by atoms with E-state index in [1.165, 1.54) is 199 Å². The molecule has 0 aliphatic carbocycles. The zero-order valence-corrected chi connectivity index (χ0v) is 38.5. The van der Waals surface area contributed by atoms with Crippen LogP contribution in [0.4, 0.5) is 0 Å². The summed E-state index contributed by atoms with van der Waals surface area (Å²) in [5.41, 5.74) is -1.17. The molecule has 0 spiro atoms. The van der Waals surface area contributed by atoms with Crippen molar-refractivity contribution >= 4 is 11.9 Å². The van der Waals surface area contributed by atoms with Crippen molar-refractivity contribution in [2.75, 3.05) is 26.4 Å². The molecule has 0 bridgehead atoms. The van der Waals surface area contributed by atoms with Gasteiger partial charge in [0.1, 0.15) is 13.2 Å². The Hall–Kier alpha value is -1.40. The predicted molar refractivity (Wildman–Crippen MR) is 244 cm³/mol. The summed E-state index contributed by atoms with van der Waals surface area (Å²) in [5, 5.41) is 20.0. The highest BCUT2D eigenvalue weighted by Gasteiger charge is 2.33. The van der Waals surface area contributed by atoms with Gasteiger partial charge >= 0.3 is 11.9 Å². The van der Waals surface area contributed by atoms with Gasteiger partial charge in [0, 0.05) is 12.8 Å². The maximum Gasteiger partial charge on any atom is 0.306 e. The number of carbonyl (C=O) groups excluding carboxylic acids is 2. The summed E-state index contributed by atoms with van der Waals surface area (Å²) in [7, 11) is 0. The van der Waals surface area contributed by atoms with E-state index in [9.17, 15) is 19.8 Å². The van der Waals surface area contributed by atoms with Crippen molar-refractivity contribution < 1.29 is 29.3 Å². The number of ether oxygens (including phenoxy) is 2. The highest BCUT2D eigenvalue weighted by molar-refractivity contribution is 5.70. The Kier molecular flexibility index (Phi) is 43.1. The fourth-order valence-electron chi connectivity index (χ4n) is 7.70. The average Bonchev–Trinajstić information content (AvgIpc) is 3.21. The molecule has 6 heteroatoms. The van der Waals surface area contributed by atoms with Crippen LogP contribution < -0.4 is 0 Å². The van der Waals surface area contributed by atoms with Crippen LogP contribution in [0.5, 0.6) is 0 Å². The molecule has 0 amide bonds. The molecule has 0 saturated carbocycles. The van der Waals surface area contributed by atoms with Crippen molar-refractivity contribution in [3.8, 4) is 0 Å². The van der Waals surface area contributed by atoms with Crippen molar-refractivity contribution in [3.63, 3.8) is 0 Å². The normalized spacial score (nSPS) is 12.4. The first-order valence-electron chi connectivity index (χ1n) is 25.1. The lowest BCUT2D eigenvalue weighted by atomic mass is 9.92. The number of rotatable bonds is 46. The maximum absolute atomic E-state index is 12.6. The van der Waals surface area contributed by atoms with E-state index in [-0.39, 0.29) is 31.1 Å². The van der Waals surface area contributed by atoms with Gasteiger partial charge in [0.2, 0.25) is 0 Å². The van der Waals surface area contributed by atoms with Gasteiger partial charge in [0.15, 0.2) is 0 Å². The lowest BCUT2D eigenvalue weighted by Crippen LogP contribution is -2.41. The molecule has 1 unspecified atom stereocenters. The smallest absolute Gasteiger partial charge is 0.306 e. The zero-order valence-electron chi connectivity index (χ0n) is 38.5. The third-order valence-corrected chi connectivity index (χ3v) is 12.0. The topological polar surface area (TPSA) is 93.1 Å². The van der Waals surface area contributed by atoms with Crippen LogP contribution in [0.3, 0.4) is 0 Å². The Labute approximate surface area is 354 Å². The number of aliphatic hydroxyl groups is 2. The van der Waals surface area contributed by atoms with Gasteiger partial charge in [0.05, 0.1) is 18.6 Å². The van der Waals surface area contributed by atoms with Crippen LogP contribution in [-0.4, -0.2) is 48.6 Å². The molecule has 0 aromatic rings. The second-order valence-corrected chi connectivity index (χ2v) is 18.0. The molecule has 0 aliphatic heterocycles. The Morgan fingerprint density at radius 3 is 1.14 bits per heavy atom. The van der Waals surface area contributed by atoms with Crippen LogP contribution in [0.15, 0.2) is 12.2 Å². The Morgan fingerprint density at radius 2 is 0.772 bits per heavy atom. The quantitative estimate of drug-likeness (QED) is 0.0361. The molecule has 0 aromatic heterocycles. The van der Waals surface area contributed by atoms with E-state index in [0.29, 0.717) is 12.8 Å². The van der Waals surface area contributed by atoms with E-state index in [2.05, 4.69) is 32.9 Å². The van der Waals surface area contributed by atoms with Crippen LogP contribution in [-0.2, 0) is 19.1 Å². The fraction of sp³-hybridized carbons (Fsp3) is 0.922. The largest absolute Gasteiger partial charge is 0.465 e. The number of carbonyl (C=O) groups is 2. The van der Waals surface area contributed by atoms with E-state index >= 15 is 0 Å². The minimum Gasteiger partial charge on any atom is -0.465 e. The zero-order chi connectivity index (χ0) is 41.8. The molecule has 6 nitrogen and oxygen atoms in total. The molecule has 0 saturated heterocycles. The van der Waals surface area contributed by atoms with Gasteiger partial charge in [-0.2, -0.15) is 0 Å². The molecule has 2 N–H and O–H groups in total. The molecule has 0 radical (unpaired) electrons. The summed E-state index contributed by atoms with van der Waals surface area (Å²) in [5.74, 6) is -0.425. The average molecular weight is 807 g/mol. The molecule has 0 aromatic carbocycles. The van der Waals surface area contributed by atoms with Crippen molar-refractivity contribution in [1.82, 2.24) is 0 Å². The van der Waals surface area contributed by atoms with Crippen molar-refractivity contribution in [1.29, 1.82) is 0 Å². The summed E-state index contributed by atoms with van der Waals surface area (Å²) >= 11 is 0. The summed E-state index contributed by atoms with van der Waals surface area (Å²) < 4.78 is 10.9. The van der Waals surface area contributed by atoms with Gasteiger partial charge in [-0.05, 0) is 38.0 Å². The lowest BCUT2D eigenvalue weighted by molar-refractivity contribution is -0.159. The molecule has 0 fully saturated rings. The van der Waals surface area contributed by atoms with Gasteiger partial charge in [-0.3, -0.25) is 9.59 Å². The Balaban J connectivity index is 3.75. The highest BCUT2D eigenvalue weighted by atomic mass is 16.5. The molecular weight excluding hydrogens is 709 g/mol. The van der Waals surface area contributed by atoms with E-state index in [1.807, 2.05) is 0 Å². The lowest BCUT2D eigenvalue weighted by Gasteiger charge is -2.28. The van der Waals surface area contributed by atoms with Crippen molar-refractivity contribution in [2.45, 2.75) is 265 Å². The van der Waals surface area contributed by atoms with Gasteiger partial charge in [-0.15, -0.1) is 0 Å².